The molecule has 11 rings (SSSR count). The van der Waals surface area contributed by atoms with Gasteiger partial charge in [0.1, 0.15) is 11.2 Å². The molecule has 0 saturated heterocycles. The van der Waals surface area contributed by atoms with Gasteiger partial charge in [0.25, 0.3) is 0 Å². The Morgan fingerprint density at radius 3 is 1.89 bits per heavy atom. The molecule has 1 aliphatic rings. The van der Waals surface area contributed by atoms with E-state index >= 15 is 0 Å². The van der Waals surface area contributed by atoms with Gasteiger partial charge >= 0.3 is 0 Å². The highest BCUT2D eigenvalue weighted by Gasteiger charge is 2.24. The molecule has 0 aliphatic heterocycles. The standard InChI is InChI=1S/C55H39NO/c1-36-21-33-45(49-34-28-39-12-4-5-14-46(39)54(36)49)40-26-31-44(32-27-40)56(43-29-24-38(25-30-43)42-23-22-37-11-2-3-13-41(37)35-42)51-18-8-6-15-47(51)48-17-10-20-53-55(48)50-16-7-9-19-52(50)57-53/h2-20,22-36H,21H2,1H3. The van der Waals surface area contributed by atoms with Gasteiger partial charge in [-0.2, -0.15) is 0 Å². The predicted octanol–water partition coefficient (Wildman–Crippen LogP) is 15.6. The molecule has 1 heterocycles. The summed E-state index contributed by atoms with van der Waals surface area (Å²) in [5.74, 6) is 0.468. The Bertz CT molecular complexity index is 3170. The van der Waals surface area contributed by atoms with Crippen molar-refractivity contribution >= 4 is 66.1 Å². The Kier molecular flexibility index (Phi) is 7.89. The Hall–Kier alpha value is -7.16. The van der Waals surface area contributed by atoms with Crippen LogP contribution in [0.3, 0.4) is 0 Å². The number of hydrogen-bond acceptors (Lipinski definition) is 2. The fourth-order valence-electron chi connectivity index (χ4n) is 9.14. The lowest BCUT2D eigenvalue weighted by Gasteiger charge is -2.29. The minimum atomic E-state index is 0.468. The van der Waals surface area contributed by atoms with Crippen molar-refractivity contribution in [3.8, 4) is 22.3 Å². The van der Waals surface area contributed by atoms with E-state index in [4.69, 9.17) is 4.42 Å². The first-order valence-corrected chi connectivity index (χ1v) is 19.9. The molecular weight excluding hydrogens is 691 g/mol. The monoisotopic (exact) mass is 729 g/mol. The van der Waals surface area contributed by atoms with Gasteiger partial charge in [-0.1, -0.05) is 159 Å². The maximum atomic E-state index is 6.37. The molecule has 0 amide bonds. The predicted molar refractivity (Wildman–Crippen MR) is 241 cm³/mol. The molecule has 0 fully saturated rings. The van der Waals surface area contributed by atoms with E-state index in [1.165, 1.54) is 54.9 Å². The number of benzene rings is 9. The summed E-state index contributed by atoms with van der Waals surface area (Å²) >= 11 is 0. The van der Waals surface area contributed by atoms with Crippen LogP contribution in [0, 0.1) is 0 Å². The van der Waals surface area contributed by atoms with Crippen molar-refractivity contribution in [3.05, 3.63) is 217 Å². The van der Waals surface area contributed by atoms with Crippen molar-refractivity contribution in [1.29, 1.82) is 0 Å². The molecule has 1 aliphatic carbocycles. The van der Waals surface area contributed by atoms with Gasteiger partial charge in [-0.25, -0.2) is 0 Å². The quantitative estimate of drug-likeness (QED) is 0.169. The van der Waals surface area contributed by atoms with Crippen LogP contribution in [0.4, 0.5) is 17.1 Å². The lowest BCUT2D eigenvalue weighted by atomic mass is 9.79. The second kappa shape index (κ2) is 13.5. The van der Waals surface area contributed by atoms with Gasteiger partial charge in [-0.05, 0) is 121 Å². The molecule has 57 heavy (non-hydrogen) atoms. The molecule has 1 unspecified atom stereocenters. The maximum absolute atomic E-state index is 6.37. The van der Waals surface area contributed by atoms with Gasteiger partial charge < -0.3 is 9.32 Å². The number of rotatable bonds is 6. The summed E-state index contributed by atoms with van der Waals surface area (Å²) < 4.78 is 6.37. The van der Waals surface area contributed by atoms with Crippen LogP contribution < -0.4 is 4.90 Å². The molecule has 1 atom stereocenters. The van der Waals surface area contributed by atoms with Crippen molar-refractivity contribution in [2.24, 2.45) is 0 Å². The van der Waals surface area contributed by atoms with Crippen LogP contribution in [0.5, 0.6) is 0 Å². The second-order valence-electron chi connectivity index (χ2n) is 15.3. The summed E-state index contributed by atoms with van der Waals surface area (Å²) in [6, 6.07) is 70.4. The highest BCUT2D eigenvalue weighted by Crippen LogP contribution is 2.46. The van der Waals surface area contributed by atoms with E-state index < -0.39 is 0 Å². The van der Waals surface area contributed by atoms with Gasteiger partial charge in [-0.3, -0.25) is 0 Å². The zero-order chi connectivity index (χ0) is 37.9. The van der Waals surface area contributed by atoms with Gasteiger partial charge in [0, 0.05) is 27.7 Å². The minimum Gasteiger partial charge on any atom is -0.456 e. The molecule has 0 N–H and O–H groups in total. The normalized spacial score (nSPS) is 13.9. The van der Waals surface area contributed by atoms with Crippen LogP contribution in [-0.4, -0.2) is 0 Å². The Labute approximate surface area is 332 Å². The smallest absolute Gasteiger partial charge is 0.136 e. The molecule has 2 nitrogen and oxygen atoms in total. The Balaban J connectivity index is 1.05. The van der Waals surface area contributed by atoms with Crippen LogP contribution in [0.2, 0.25) is 0 Å². The van der Waals surface area contributed by atoms with E-state index in [2.05, 4.69) is 206 Å². The summed E-state index contributed by atoms with van der Waals surface area (Å²) in [5.41, 5.74) is 15.1. The van der Waals surface area contributed by atoms with Crippen LogP contribution in [0.15, 0.2) is 205 Å². The molecule has 270 valence electrons. The molecule has 0 bridgehead atoms. The molecule has 0 spiro atoms. The summed E-state index contributed by atoms with van der Waals surface area (Å²) in [7, 11) is 0. The molecular formula is C55H39NO. The first kappa shape index (κ1) is 33.2. The van der Waals surface area contributed by atoms with Gasteiger partial charge in [0.05, 0.1) is 5.69 Å². The van der Waals surface area contributed by atoms with Crippen molar-refractivity contribution in [3.63, 3.8) is 0 Å². The first-order chi connectivity index (χ1) is 28.2. The first-order valence-electron chi connectivity index (χ1n) is 19.9. The maximum Gasteiger partial charge on any atom is 0.136 e. The van der Waals surface area contributed by atoms with Gasteiger partial charge in [0.15, 0.2) is 0 Å². The number of fused-ring (bicyclic) bond motifs is 7. The number of nitrogens with zero attached hydrogens (tertiary/aromatic N) is 1. The van der Waals surface area contributed by atoms with Crippen molar-refractivity contribution in [2.45, 2.75) is 19.3 Å². The molecule has 0 saturated carbocycles. The Morgan fingerprint density at radius 1 is 0.456 bits per heavy atom. The Morgan fingerprint density at radius 2 is 1.07 bits per heavy atom. The lowest BCUT2D eigenvalue weighted by Crippen LogP contribution is -2.11. The fraction of sp³-hybridized carbons (Fsp3) is 0.0545. The van der Waals surface area contributed by atoms with Gasteiger partial charge in [0.2, 0.25) is 0 Å². The number of allylic oxidation sites excluding steroid dienone is 1. The number of anilines is 3. The van der Waals surface area contributed by atoms with E-state index in [1.807, 2.05) is 6.07 Å². The molecule has 1 aromatic heterocycles. The fourth-order valence-corrected chi connectivity index (χ4v) is 9.14. The third kappa shape index (κ3) is 5.64. The summed E-state index contributed by atoms with van der Waals surface area (Å²) in [5, 5.41) is 7.41. The second-order valence-corrected chi connectivity index (χ2v) is 15.3. The zero-order valence-electron chi connectivity index (χ0n) is 31.7. The van der Waals surface area contributed by atoms with Gasteiger partial charge in [-0.15, -0.1) is 0 Å². The van der Waals surface area contributed by atoms with E-state index in [0.717, 1.165) is 56.5 Å². The van der Waals surface area contributed by atoms with Crippen LogP contribution in [-0.2, 0) is 0 Å². The molecule has 9 aromatic carbocycles. The summed E-state index contributed by atoms with van der Waals surface area (Å²) in [4.78, 5) is 2.41. The average Bonchev–Trinajstić information content (AvgIpc) is 3.66. The third-order valence-corrected chi connectivity index (χ3v) is 11.9. The summed E-state index contributed by atoms with van der Waals surface area (Å²) in [6.07, 6.45) is 3.46. The minimum absolute atomic E-state index is 0.468. The number of hydrogen-bond donors (Lipinski definition) is 0. The van der Waals surface area contributed by atoms with Crippen molar-refractivity contribution < 1.29 is 4.42 Å². The van der Waals surface area contributed by atoms with E-state index in [1.54, 1.807) is 0 Å². The zero-order valence-corrected chi connectivity index (χ0v) is 31.7. The molecule has 2 heteroatoms. The molecule has 10 aromatic rings. The van der Waals surface area contributed by atoms with Crippen molar-refractivity contribution in [2.75, 3.05) is 4.90 Å². The van der Waals surface area contributed by atoms with Crippen LogP contribution in [0.1, 0.15) is 36.0 Å². The van der Waals surface area contributed by atoms with E-state index in [-0.39, 0.29) is 0 Å². The lowest BCUT2D eigenvalue weighted by molar-refractivity contribution is 0.669. The van der Waals surface area contributed by atoms with Crippen LogP contribution >= 0.6 is 0 Å². The van der Waals surface area contributed by atoms with E-state index in [0.29, 0.717) is 5.92 Å². The highest BCUT2D eigenvalue weighted by atomic mass is 16.3. The topological polar surface area (TPSA) is 16.4 Å². The molecule has 0 radical (unpaired) electrons. The third-order valence-electron chi connectivity index (χ3n) is 11.9. The SMILES string of the molecule is CC1CC=C(c2ccc(N(c3ccc(-c4ccc5ccccc5c4)cc3)c3ccccc3-c3cccc4oc5ccccc5c34)cc2)c2ccc3ccccc3c21. The number of furan rings is 1. The average molecular weight is 730 g/mol. The van der Waals surface area contributed by atoms with Crippen molar-refractivity contribution in [1.82, 2.24) is 0 Å². The number of para-hydroxylation sites is 2. The largest absolute Gasteiger partial charge is 0.456 e. The van der Waals surface area contributed by atoms with E-state index in [9.17, 15) is 0 Å². The summed E-state index contributed by atoms with van der Waals surface area (Å²) in [6.45, 7) is 2.36. The highest BCUT2D eigenvalue weighted by molar-refractivity contribution is 6.14. The van der Waals surface area contributed by atoms with Crippen LogP contribution in [0.25, 0.3) is 71.3 Å².